The monoisotopic (exact) mass is 380 g/mol. The van der Waals surface area contributed by atoms with E-state index in [2.05, 4.69) is 16.1 Å². The Kier molecular flexibility index (Phi) is 6.16. The molecular weight excluding hydrogens is 356 g/mol. The molecule has 1 amide bonds. The molecule has 1 aliphatic heterocycles. The van der Waals surface area contributed by atoms with Crippen molar-refractivity contribution >= 4 is 15.9 Å². The summed E-state index contributed by atoms with van der Waals surface area (Å²) >= 11 is 0. The number of allylic oxidation sites excluding steroid dienone is 1. The fourth-order valence-electron chi connectivity index (χ4n) is 2.99. The van der Waals surface area contributed by atoms with Crippen LogP contribution in [0.15, 0.2) is 34.7 Å². The van der Waals surface area contributed by atoms with E-state index >= 15 is 0 Å². The normalized spacial score (nSPS) is 16.7. The summed E-state index contributed by atoms with van der Waals surface area (Å²) in [6, 6.07) is 4.40. The highest BCUT2D eigenvalue weighted by Gasteiger charge is 2.20. The predicted octanol–water partition coefficient (Wildman–Crippen LogP) is 1.74. The second-order valence-corrected chi connectivity index (χ2v) is 8.11. The molecule has 3 rings (SSSR count). The van der Waals surface area contributed by atoms with Crippen LogP contribution in [-0.4, -0.2) is 40.6 Å². The van der Waals surface area contributed by atoms with E-state index in [-0.39, 0.29) is 17.3 Å². The summed E-state index contributed by atoms with van der Waals surface area (Å²) in [6.45, 7) is 1.05. The Morgan fingerprint density at radius 1 is 1.12 bits per heavy atom. The van der Waals surface area contributed by atoms with Crippen molar-refractivity contribution in [2.45, 2.75) is 37.0 Å². The molecule has 1 heterocycles. The third-order valence-corrected chi connectivity index (χ3v) is 5.80. The van der Waals surface area contributed by atoms with Crippen LogP contribution >= 0.6 is 0 Å². The van der Waals surface area contributed by atoms with E-state index in [4.69, 9.17) is 9.47 Å². The number of benzene rings is 1. The number of carbonyl (C=O) groups excluding carboxylic acids is 1. The van der Waals surface area contributed by atoms with Crippen molar-refractivity contribution in [2.75, 3.05) is 26.3 Å². The molecule has 0 unspecified atom stereocenters. The Labute approximate surface area is 153 Å². The first kappa shape index (κ1) is 18.7. The molecule has 1 aliphatic carbocycles. The van der Waals surface area contributed by atoms with Crippen LogP contribution < -0.4 is 19.5 Å². The molecule has 0 aromatic heterocycles. The molecule has 0 spiro atoms. The van der Waals surface area contributed by atoms with Crippen LogP contribution in [0.4, 0.5) is 0 Å². The predicted molar refractivity (Wildman–Crippen MR) is 96.8 cm³/mol. The summed E-state index contributed by atoms with van der Waals surface area (Å²) in [5.74, 6) is 0.567. The average molecular weight is 380 g/mol. The number of hydrogen-bond donors (Lipinski definition) is 2. The second-order valence-electron chi connectivity index (χ2n) is 6.34. The summed E-state index contributed by atoms with van der Waals surface area (Å²) in [7, 11) is -3.79. The van der Waals surface area contributed by atoms with Gasteiger partial charge >= 0.3 is 0 Å². The average Bonchev–Trinajstić information content (AvgIpc) is 2.67. The van der Waals surface area contributed by atoms with Crippen molar-refractivity contribution in [3.05, 3.63) is 29.8 Å². The Balaban J connectivity index is 1.48. The molecule has 2 aliphatic rings. The largest absolute Gasteiger partial charge is 0.486 e. The van der Waals surface area contributed by atoms with Crippen LogP contribution in [0.3, 0.4) is 0 Å². The third-order valence-electron chi connectivity index (χ3n) is 4.40. The van der Waals surface area contributed by atoms with E-state index in [0.717, 1.165) is 19.3 Å². The summed E-state index contributed by atoms with van der Waals surface area (Å²) in [5.41, 5.74) is 1.37. The highest BCUT2D eigenvalue weighted by atomic mass is 32.2. The van der Waals surface area contributed by atoms with E-state index in [9.17, 15) is 13.2 Å². The van der Waals surface area contributed by atoms with E-state index in [1.54, 1.807) is 6.07 Å². The van der Waals surface area contributed by atoms with Gasteiger partial charge in [-0.3, -0.25) is 4.79 Å². The molecule has 2 N–H and O–H groups in total. The molecule has 142 valence electrons. The van der Waals surface area contributed by atoms with E-state index in [0.29, 0.717) is 31.3 Å². The first-order valence-corrected chi connectivity index (χ1v) is 10.4. The minimum Gasteiger partial charge on any atom is -0.486 e. The van der Waals surface area contributed by atoms with Crippen LogP contribution in [0.1, 0.15) is 32.1 Å². The lowest BCUT2D eigenvalue weighted by atomic mass is 9.97. The lowest BCUT2D eigenvalue weighted by Crippen LogP contribution is -2.37. The Bertz CT molecular complexity index is 789. The van der Waals surface area contributed by atoms with Gasteiger partial charge in [0.25, 0.3) is 0 Å². The summed E-state index contributed by atoms with van der Waals surface area (Å²) in [4.78, 5) is 11.9. The lowest BCUT2D eigenvalue weighted by molar-refractivity contribution is -0.119. The van der Waals surface area contributed by atoms with Crippen LogP contribution in [0, 0.1) is 0 Å². The molecule has 0 atom stereocenters. The lowest BCUT2D eigenvalue weighted by Gasteiger charge is -2.18. The Morgan fingerprint density at radius 3 is 2.69 bits per heavy atom. The van der Waals surface area contributed by atoms with E-state index in [1.807, 2.05) is 0 Å². The zero-order chi connectivity index (χ0) is 18.4. The van der Waals surface area contributed by atoms with Crippen molar-refractivity contribution in [3.8, 4) is 11.5 Å². The zero-order valence-electron chi connectivity index (χ0n) is 14.6. The molecule has 0 saturated carbocycles. The first-order valence-electron chi connectivity index (χ1n) is 8.88. The van der Waals surface area contributed by atoms with Gasteiger partial charge in [-0.2, -0.15) is 0 Å². The quantitative estimate of drug-likeness (QED) is 0.703. The first-order chi connectivity index (χ1) is 12.5. The molecule has 0 bridgehead atoms. The second kappa shape index (κ2) is 8.55. The molecule has 26 heavy (non-hydrogen) atoms. The van der Waals surface area contributed by atoms with Gasteiger partial charge in [0.05, 0.1) is 11.4 Å². The molecular formula is C18H24N2O5S. The van der Waals surface area contributed by atoms with Crippen molar-refractivity contribution < 1.29 is 22.7 Å². The smallest absolute Gasteiger partial charge is 0.241 e. The Hall–Kier alpha value is -2.06. The van der Waals surface area contributed by atoms with Gasteiger partial charge < -0.3 is 14.8 Å². The van der Waals surface area contributed by atoms with Gasteiger partial charge in [0, 0.05) is 12.6 Å². The van der Waals surface area contributed by atoms with Crippen molar-refractivity contribution in [3.63, 3.8) is 0 Å². The van der Waals surface area contributed by atoms with Crippen LogP contribution in [0.25, 0.3) is 0 Å². The van der Waals surface area contributed by atoms with Crippen LogP contribution in [0.2, 0.25) is 0 Å². The SMILES string of the molecule is O=C(CNS(=O)(=O)c1ccc2c(c1)OCCO2)NCCC1=CCCCC1. The maximum Gasteiger partial charge on any atom is 0.241 e. The fraction of sp³-hybridized carbons (Fsp3) is 0.500. The van der Waals surface area contributed by atoms with Gasteiger partial charge in [0.15, 0.2) is 11.5 Å². The maximum atomic E-state index is 12.3. The van der Waals surface area contributed by atoms with Crippen molar-refractivity contribution in [2.24, 2.45) is 0 Å². The number of rotatable bonds is 7. The highest BCUT2D eigenvalue weighted by molar-refractivity contribution is 7.89. The Morgan fingerprint density at radius 2 is 1.92 bits per heavy atom. The molecule has 1 aromatic rings. The van der Waals surface area contributed by atoms with Gasteiger partial charge in [-0.1, -0.05) is 11.6 Å². The van der Waals surface area contributed by atoms with Gasteiger partial charge in [-0.15, -0.1) is 0 Å². The molecule has 7 nitrogen and oxygen atoms in total. The molecule has 0 radical (unpaired) electrons. The number of amides is 1. The fourth-order valence-corrected chi connectivity index (χ4v) is 3.99. The highest BCUT2D eigenvalue weighted by Crippen LogP contribution is 2.32. The number of sulfonamides is 1. The molecule has 0 fully saturated rings. The van der Waals surface area contributed by atoms with Gasteiger partial charge in [-0.05, 0) is 44.2 Å². The minimum atomic E-state index is -3.79. The number of hydrogen-bond acceptors (Lipinski definition) is 5. The van der Waals surface area contributed by atoms with Gasteiger partial charge in [0.2, 0.25) is 15.9 Å². The third kappa shape index (κ3) is 4.98. The number of nitrogens with one attached hydrogen (secondary N) is 2. The standard InChI is InChI=1S/C18H24N2O5S/c21-18(19-9-8-14-4-2-1-3-5-14)13-20-26(22,23)15-6-7-16-17(12-15)25-11-10-24-16/h4,6-7,12,20H,1-3,5,8-11,13H2,(H,19,21). The van der Waals surface area contributed by atoms with Crippen LogP contribution in [-0.2, 0) is 14.8 Å². The number of fused-ring (bicyclic) bond motifs is 1. The van der Waals surface area contributed by atoms with E-state index in [1.165, 1.54) is 30.5 Å². The van der Waals surface area contributed by atoms with E-state index < -0.39 is 10.0 Å². The van der Waals surface area contributed by atoms with Crippen molar-refractivity contribution in [1.29, 1.82) is 0 Å². The maximum absolute atomic E-state index is 12.3. The van der Waals surface area contributed by atoms with Crippen molar-refractivity contribution in [1.82, 2.24) is 10.0 Å². The topological polar surface area (TPSA) is 93.7 Å². The minimum absolute atomic E-state index is 0.0434. The number of carbonyl (C=O) groups is 1. The molecule has 1 aromatic carbocycles. The molecule has 8 heteroatoms. The number of ether oxygens (including phenoxy) is 2. The zero-order valence-corrected chi connectivity index (χ0v) is 15.4. The van der Waals surface area contributed by atoms with Gasteiger partial charge in [-0.25, -0.2) is 13.1 Å². The summed E-state index contributed by atoms with van der Waals surface area (Å²) in [5, 5.41) is 2.75. The summed E-state index contributed by atoms with van der Waals surface area (Å²) in [6.07, 6.45) is 7.69. The summed E-state index contributed by atoms with van der Waals surface area (Å²) < 4.78 is 37.8. The molecule has 0 saturated heterocycles. The van der Waals surface area contributed by atoms with Crippen LogP contribution in [0.5, 0.6) is 11.5 Å². The van der Waals surface area contributed by atoms with Gasteiger partial charge in [0.1, 0.15) is 13.2 Å².